The second-order valence-electron chi connectivity index (χ2n) is 13.7. The summed E-state index contributed by atoms with van der Waals surface area (Å²) < 4.78 is 0. The lowest BCUT2D eigenvalue weighted by molar-refractivity contribution is 1.32. The summed E-state index contributed by atoms with van der Waals surface area (Å²) in [6.07, 6.45) is 0. The Bertz CT molecular complexity index is 2830. The third-order valence-corrected chi connectivity index (χ3v) is 10.6. The van der Waals surface area contributed by atoms with Crippen molar-refractivity contribution in [2.75, 3.05) is 4.90 Å². The van der Waals surface area contributed by atoms with E-state index in [4.69, 9.17) is 0 Å². The molecule has 10 aromatic rings. The molecule has 53 heavy (non-hydrogen) atoms. The van der Waals surface area contributed by atoms with Crippen LogP contribution in [0.3, 0.4) is 0 Å². The molecular formula is C52H35N. The lowest BCUT2D eigenvalue weighted by Gasteiger charge is -2.32. The molecule has 248 valence electrons. The summed E-state index contributed by atoms with van der Waals surface area (Å²) in [4.78, 5) is 2.55. The fraction of sp³-hybridized carbons (Fsp3) is 0. The first-order chi connectivity index (χ1) is 26.3. The van der Waals surface area contributed by atoms with Gasteiger partial charge < -0.3 is 4.90 Å². The van der Waals surface area contributed by atoms with E-state index < -0.39 is 0 Å². The molecule has 10 rings (SSSR count). The summed E-state index contributed by atoms with van der Waals surface area (Å²) >= 11 is 0. The van der Waals surface area contributed by atoms with E-state index in [1.54, 1.807) is 0 Å². The maximum Gasteiger partial charge on any atom is 0.0618 e. The Balaban J connectivity index is 1.39. The molecule has 0 unspecified atom stereocenters. The molecule has 0 aliphatic carbocycles. The van der Waals surface area contributed by atoms with Gasteiger partial charge in [-0.1, -0.05) is 182 Å². The maximum absolute atomic E-state index is 2.55. The number of nitrogens with zero attached hydrogens (tertiary/aromatic N) is 1. The first-order valence-electron chi connectivity index (χ1n) is 18.3. The van der Waals surface area contributed by atoms with E-state index in [1.165, 1.54) is 82.2 Å². The fourth-order valence-electron chi connectivity index (χ4n) is 8.13. The predicted octanol–water partition coefficient (Wildman–Crippen LogP) is 14.8. The Morgan fingerprint density at radius 1 is 0.283 bits per heavy atom. The van der Waals surface area contributed by atoms with Gasteiger partial charge in [0.25, 0.3) is 0 Å². The molecule has 0 saturated carbocycles. The van der Waals surface area contributed by atoms with Crippen molar-refractivity contribution in [3.8, 4) is 33.4 Å². The minimum atomic E-state index is 1.10. The van der Waals surface area contributed by atoms with Gasteiger partial charge in [0, 0.05) is 22.0 Å². The van der Waals surface area contributed by atoms with E-state index in [0.29, 0.717) is 0 Å². The summed E-state index contributed by atoms with van der Waals surface area (Å²) in [5, 5.41) is 9.72. The van der Waals surface area contributed by atoms with Crippen LogP contribution in [0.1, 0.15) is 0 Å². The van der Waals surface area contributed by atoms with Crippen LogP contribution in [-0.4, -0.2) is 0 Å². The van der Waals surface area contributed by atoms with E-state index >= 15 is 0 Å². The Kier molecular flexibility index (Phi) is 7.55. The first kappa shape index (κ1) is 30.8. The van der Waals surface area contributed by atoms with Gasteiger partial charge >= 0.3 is 0 Å². The molecule has 0 amide bonds. The van der Waals surface area contributed by atoms with Crippen LogP contribution in [0.25, 0.3) is 76.5 Å². The predicted molar refractivity (Wildman–Crippen MR) is 227 cm³/mol. The van der Waals surface area contributed by atoms with Crippen LogP contribution in [-0.2, 0) is 0 Å². The molecule has 1 heteroatoms. The molecule has 0 bridgehead atoms. The van der Waals surface area contributed by atoms with Crippen LogP contribution < -0.4 is 4.90 Å². The lowest BCUT2D eigenvalue weighted by atomic mass is 9.90. The highest BCUT2D eigenvalue weighted by Gasteiger charge is 2.25. The third-order valence-electron chi connectivity index (χ3n) is 10.6. The molecule has 0 atom stereocenters. The molecule has 0 aromatic heterocycles. The molecule has 0 aliphatic rings. The number of fused-ring (bicyclic) bond motifs is 4. The zero-order valence-electron chi connectivity index (χ0n) is 29.2. The summed E-state index contributed by atoms with van der Waals surface area (Å²) in [5.41, 5.74) is 10.5. The van der Waals surface area contributed by atoms with Crippen molar-refractivity contribution in [1.82, 2.24) is 0 Å². The molecule has 0 N–H and O–H groups in total. The normalized spacial score (nSPS) is 11.4. The Labute approximate surface area is 309 Å². The van der Waals surface area contributed by atoms with Crippen LogP contribution in [0.2, 0.25) is 0 Å². The lowest BCUT2D eigenvalue weighted by Crippen LogP contribution is -2.13. The summed E-state index contributed by atoms with van der Waals surface area (Å²) in [7, 11) is 0. The third kappa shape index (κ3) is 5.42. The minimum absolute atomic E-state index is 1.10. The van der Waals surface area contributed by atoms with Gasteiger partial charge in [-0.2, -0.15) is 0 Å². The molecule has 0 spiro atoms. The van der Waals surface area contributed by atoms with Crippen LogP contribution in [0.5, 0.6) is 0 Å². The summed E-state index contributed by atoms with van der Waals surface area (Å²) in [5.74, 6) is 0. The van der Waals surface area contributed by atoms with E-state index in [9.17, 15) is 0 Å². The Hall–Kier alpha value is -6.96. The molecule has 0 saturated heterocycles. The topological polar surface area (TPSA) is 3.24 Å². The van der Waals surface area contributed by atoms with Gasteiger partial charge in [-0.05, 0) is 90.5 Å². The first-order valence-corrected chi connectivity index (χ1v) is 18.3. The fourth-order valence-corrected chi connectivity index (χ4v) is 8.13. The van der Waals surface area contributed by atoms with Gasteiger partial charge in [0.05, 0.1) is 11.4 Å². The second kappa shape index (κ2) is 13.0. The quantitative estimate of drug-likeness (QED) is 0.159. The largest absolute Gasteiger partial charge is 0.309 e. The zero-order chi connectivity index (χ0) is 35.1. The average molecular weight is 674 g/mol. The highest BCUT2D eigenvalue weighted by Crippen LogP contribution is 2.50. The number of anilines is 3. The van der Waals surface area contributed by atoms with Crippen molar-refractivity contribution in [2.45, 2.75) is 0 Å². The van der Waals surface area contributed by atoms with Crippen molar-refractivity contribution < 1.29 is 0 Å². The molecule has 0 fully saturated rings. The maximum atomic E-state index is 2.55. The number of hydrogen-bond acceptors (Lipinski definition) is 1. The van der Waals surface area contributed by atoms with Crippen LogP contribution in [0, 0.1) is 0 Å². The van der Waals surface area contributed by atoms with Crippen molar-refractivity contribution in [1.29, 1.82) is 0 Å². The van der Waals surface area contributed by atoms with Crippen molar-refractivity contribution in [2.24, 2.45) is 0 Å². The molecule has 0 heterocycles. The van der Waals surface area contributed by atoms with Gasteiger partial charge in [0.1, 0.15) is 0 Å². The van der Waals surface area contributed by atoms with E-state index in [0.717, 1.165) is 11.4 Å². The SMILES string of the molecule is c1ccc(-c2cc(-c3ccccc3)cc(N(c3ccc4ccccc4c3-c3cccc4ccccc34)c3c4ccccc4cc4ccccc34)c2)cc1. The van der Waals surface area contributed by atoms with Gasteiger partial charge in [-0.3, -0.25) is 0 Å². The van der Waals surface area contributed by atoms with Gasteiger partial charge in [0.2, 0.25) is 0 Å². The van der Waals surface area contributed by atoms with E-state index in [-0.39, 0.29) is 0 Å². The van der Waals surface area contributed by atoms with Crippen molar-refractivity contribution >= 4 is 60.2 Å². The minimum Gasteiger partial charge on any atom is -0.309 e. The number of hydrogen-bond donors (Lipinski definition) is 0. The molecular weight excluding hydrogens is 639 g/mol. The monoisotopic (exact) mass is 673 g/mol. The summed E-state index contributed by atoms with van der Waals surface area (Å²) in [6.45, 7) is 0. The van der Waals surface area contributed by atoms with Gasteiger partial charge in [0.15, 0.2) is 0 Å². The highest BCUT2D eigenvalue weighted by atomic mass is 15.1. The molecule has 10 aromatic carbocycles. The molecule has 0 aliphatic heterocycles. The zero-order valence-corrected chi connectivity index (χ0v) is 29.2. The smallest absolute Gasteiger partial charge is 0.0618 e. The molecule has 1 nitrogen and oxygen atoms in total. The van der Waals surface area contributed by atoms with Crippen molar-refractivity contribution in [3.05, 3.63) is 212 Å². The Morgan fingerprint density at radius 2 is 0.755 bits per heavy atom. The van der Waals surface area contributed by atoms with Crippen LogP contribution in [0.15, 0.2) is 212 Å². The standard InChI is InChI=1S/C52H35N/c1-3-16-36(17-4-1)42-33-43(37-18-5-2-6-19-37)35-44(34-42)53(52-47-27-13-9-22-40(47)32-41-23-10-14-28-48(41)52)50-31-30-39-21-8-12-26-46(39)51(50)49-29-15-24-38-20-7-11-25-45(38)49/h1-35H. The van der Waals surface area contributed by atoms with Gasteiger partial charge in [-0.25, -0.2) is 0 Å². The van der Waals surface area contributed by atoms with Crippen LogP contribution >= 0.6 is 0 Å². The Morgan fingerprint density at radius 3 is 1.36 bits per heavy atom. The second-order valence-corrected chi connectivity index (χ2v) is 13.7. The molecule has 0 radical (unpaired) electrons. The van der Waals surface area contributed by atoms with E-state index in [1.807, 2.05) is 0 Å². The number of benzene rings is 10. The summed E-state index contributed by atoms with van der Waals surface area (Å²) in [6, 6.07) is 77.5. The average Bonchev–Trinajstić information content (AvgIpc) is 3.24. The highest BCUT2D eigenvalue weighted by molar-refractivity contribution is 6.18. The van der Waals surface area contributed by atoms with Crippen molar-refractivity contribution in [3.63, 3.8) is 0 Å². The van der Waals surface area contributed by atoms with Gasteiger partial charge in [-0.15, -0.1) is 0 Å². The number of rotatable bonds is 6. The van der Waals surface area contributed by atoms with E-state index in [2.05, 4.69) is 217 Å². The van der Waals surface area contributed by atoms with Crippen LogP contribution in [0.4, 0.5) is 17.1 Å².